The predicted octanol–water partition coefficient (Wildman–Crippen LogP) is 3.08. The highest BCUT2D eigenvalue weighted by atomic mass is 35.5. The van der Waals surface area contributed by atoms with Gasteiger partial charge in [-0.2, -0.15) is 5.10 Å². The van der Waals surface area contributed by atoms with Crippen LogP contribution in [0.4, 0.5) is 0 Å². The Morgan fingerprint density at radius 3 is 2.72 bits per heavy atom. The Hall–Kier alpha value is -1.32. The molecule has 0 saturated heterocycles. The number of hydrogen-bond acceptors (Lipinski definition) is 2. The minimum Gasteiger partial charge on any atom is -0.305 e. The van der Waals surface area contributed by atoms with E-state index in [1.54, 1.807) is 0 Å². The van der Waals surface area contributed by atoms with Gasteiger partial charge in [0.1, 0.15) is 0 Å². The van der Waals surface area contributed by atoms with Crippen molar-refractivity contribution in [3.8, 4) is 0 Å². The fraction of sp³-hybridized carbons (Fsp3) is 0.357. The summed E-state index contributed by atoms with van der Waals surface area (Å²) in [7, 11) is 1.93. The van der Waals surface area contributed by atoms with Crippen LogP contribution in [-0.4, -0.2) is 16.3 Å². The molecule has 96 valence electrons. The number of aromatic nitrogens is 2. The Balaban J connectivity index is 2.37. The van der Waals surface area contributed by atoms with Crippen LogP contribution >= 0.6 is 11.6 Å². The molecule has 2 rings (SSSR count). The van der Waals surface area contributed by atoms with Crippen molar-refractivity contribution in [1.29, 1.82) is 0 Å². The second kappa shape index (κ2) is 5.55. The molecule has 0 aliphatic heterocycles. The molecule has 0 saturated carbocycles. The first-order valence-electron chi connectivity index (χ1n) is 6.10. The molecule has 0 aliphatic rings. The summed E-state index contributed by atoms with van der Waals surface area (Å²) in [6, 6.07) is 8.27. The molecule has 1 aromatic carbocycles. The summed E-state index contributed by atoms with van der Waals surface area (Å²) in [5.74, 6) is 0. The molecule has 0 spiro atoms. The van der Waals surface area contributed by atoms with Gasteiger partial charge in [0.25, 0.3) is 0 Å². The highest BCUT2D eigenvalue weighted by Gasteiger charge is 2.16. The van der Waals surface area contributed by atoms with Crippen LogP contribution in [0.5, 0.6) is 0 Å². The quantitative estimate of drug-likeness (QED) is 0.919. The van der Waals surface area contributed by atoms with Gasteiger partial charge in [-0.05, 0) is 36.7 Å². The van der Waals surface area contributed by atoms with Crippen LogP contribution in [0, 0.1) is 6.92 Å². The summed E-state index contributed by atoms with van der Waals surface area (Å²) in [5.41, 5.74) is 3.31. The molecular formula is C14H18ClN3. The van der Waals surface area contributed by atoms with Crippen molar-refractivity contribution in [2.75, 3.05) is 6.54 Å². The number of benzene rings is 1. The minimum absolute atomic E-state index is 0.118. The van der Waals surface area contributed by atoms with E-state index in [4.69, 9.17) is 11.6 Å². The van der Waals surface area contributed by atoms with Gasteiger partial charge in [0, 0.05) is 18.3 Å². The second-order valence-electron chi connectivity index (χ2n) is 4.41. The van der Waals surface area contributed by atoms with Gasteiger partial charge in [0.05, 0.1) is 11.7 Å². The molecule has 0 bridgehead atoms. The molecule has 18 heavy (non-hydrogen) atoms. The van der Waals surface area contributed by atoms with Crippen LogP contribution < -0.4 is 5.32 Å². The third kappa shape index (κ3) is 2.74. The maximum Gasteiger partial charge on any atom is 0.0839 e. The van der Waals surface area contributed by atoms with E-state index in [1.807, 2.05) is 37.0 Å². The third-order valence-corrected chi connectivity index (χ3v) is 3.38. The average molecular weight is 264 g/mol. The largest absolute Gasteiger partial charge is 0.305 e. The minimum atomic E-state index is 0.118. The average Bonchev–Trinajstić information content (AvgIpc) is 2.76. The van der Waals surface area contributed by atoms with Crippen molar-refractivity contribution in [1.82, 2.24) is 15.1 Å². The summed E-state index contributed by atoms with van der Waals surface area (Å²) in [4.78, 5) is 0. The molecular weight excluding hydrogens is 246 g/mol. The van der Waals surface area contributed by atoms with Crippen molar-refractivity contribution < 1.29 is 0 Å². The van der Waals surface area contributed by atoms with E-state index >= 15 is 0 Å². The maximum absolute atomic E-state index is 6.07. The smallest absolute Gasteiger partial charge is 0.0839 e. The first-order valence-corrected chi connectivity index (χ1v) is 6.48. The molecule has 0 aliphatic carbocycles. The van der Waals surface area contributed by atoms with Crippen molar-refractivity contribution in [3.63, 3.8) is 0 Å². The molecule has 1 unspecified atom stereocenters. The fourth-order valence-electron chi connectivity index (χ4n) is 2.03. The molecule has 3 nitrogen and oxygen atoms in total. The number of halogens is 1. The van der Waals surface area contributed by atoms with Gasteiger partial charge in [0.2, 0.25) is 0 Å². The van der Waals surface area contributed by atoms with Crippen LogP contribution in [0.15, 0.2) is 30.5 Å². The maximum atomic E-state index is 6.07. The second-order valence-corrected chi connectivity index (χ2v) is 4.82. The Kier molecular flexibility index (Phi) is 4.04. The zero-order valence-corrected chi connectivity index (χ0v) is 11.7. The van der Waals surface area contributed by atoms with E-state index in [0.717, 1.165) is 22.8 Å². The first kappa shape index (κ1) is 13.1. The lowest BCUT2D eigenvalue weighted by atomic mass is 10.0. The van der Waals surface area contributed by atoms with Gasteiger partial charge in [-0.3, -0.25) is 4.68 Å². The summed E-state index contributed by atoms with van der Waals surface area (Å²) < 4.78 is 1.82. The van der Waals surface area contributed by atoms with Gasteiger partial charge < -0.3 is 5.32 Å². The van der Waals surface area contributed by atoms with Crippen LogP contribution in [-0.2, 0) is 7.05 Å². The van der Waals surface area contributed by atoms with E-state index in [2.05, 4.69) is 29.5 Å². The summed E-state index contributed by atoms with van der Waals surface area (Å²) in [6.45, 7) is 5.01. The molecule has 1 heterocycles. The van der Waals surface area contributed by atoms with Crippen molar-refractivity contribution in [2.45, 2.75) is 19.9 Å². The van der Waals surface area contributed by atoms with Gasteiger partial charge in [-0.25, -0.2) is 0 Å². The predicted molar refractivity (Wildman–Crippen MR) is 74.9 cm³/mol. The fourth-order valence-corrected chi connectivity index (χ4v) is 2.15. The van der Waals surface area contributed by atoms with Crippen molar-refractivity contribution >= 4 is 11.6 Å². The van der Waals surface area contributed by atoms with Crippen LogP contribution in [0.1, 0.15) is 29.8 Å². The number of rotatable bonds is 4. The van der Waals surface area contributed by atoms with E-state index in [-0.39, 0.29) is 6.04 Å². The van der Waals surface area contributed by atoms with Crippen molar-refractivity contribution in [2.24, 2.45) is 7.05 Å². The topological polar surface area (TPSA) is 29.9 Å². The zero-order valence-electron chi connectivity index (χ0n) is 10.9. The highest BCUT2D eigenvalue weighted by Crippen LogP contribution is 2.24. The summed E-state index contributed by atoms with van der Waals surface area (Å²) >= 11 is 6.07. The first-order chi connectivity index (χ1) is 8.61. The van der Waals surface area contributed by atoms with Gasteiger partial charge in [-0.1, -0.05) is 30.7 Å². The van der Waals surface area contributed by atoms with Crippen LogP contribution in [0.25, 0.3) is 0 Å². The molecule has 1 atom stereocenters. The highest BCUT2D eigenvalue weighted by molar-refractivity contribution is 6.31. The zero-order chi connectivity index (χ0) is 13.1. The number of aryl methyl sites for hydroxylation is 2. The number of hydrogen-bond donors (Lipinski definition) is 1. The molecule has 0 radical (unpaired) electrons. The van der Waals surface area contributed by atoms with Crippen LogP contribution in [0.3, 0.4) is 0 Å². The van der Waals surface area contributed by atoms with Crippen LogP contribution in [0.2, 0.25) is 5.02 Å². The lowest BCUT2D eigenvalue weighted by Crippen LogP contribution is -2.22. The number of nitrogens with zero attached hydrogens (tertiary/aromatic N) is 2. The Labute approximate surface area is 113 Å². The Morgan fingerprint density at radius 2 is 2.17 bits per heavy atom. The Morgan fingerprint density at radius 1 is 1.39 bits per heavy atom. The SMILES string of the molecule is CCNC(c1ccc(Cl)c(C)c1)c1ccn(C)n1. The summed E-state index contributed by atoms with van der Waals surface area (Å²) in [5, 5.41) is 8.74. The van der Waals surface area contributed by atoms with E-state index in [1.165, 1.54) is 5.56 Å². The van der Waals surface area contributed by atoms with E-state index < -0.39 is 0 Å². The molecule has 1 N–H and O–H groups in total. The molecule has 2 aromatic rings. The third-order valence-electron chi connectivity index (χ3n) is 2.95. The van der Waals surface area contributed by atoms with E-state index in [9.17, 15) is 0 Å². The summed E-state index contributed by atoms with van der Waals surface area (Å²) in [6.07, 6.45) is 1.96. The molecule has 0 amide bonds. The normalized spacial score (nSPS) is 12.7. The standard InChI is InChI=1S/C14H18ClN3/c1-4-16-14(13-7-8-18(3)17-13)11-5-6-12(15)10(2)9-11/h5-9,14,16H,4H2,1-3H3. The number of nitrogens with one attached hydrogen (secondary N) is 1. The van der Waals surface area contributed by atoms with Gasteiger partial charge in [-0.15, -0.1) is 0 Å². The van der Waals surface area contributed by atoms with Gasteiger partial charge >= 0.3 is 0 Å². The molecule has 1 aromatic heterocycles. The molecule has 4 heteroatoms. The lowest BCUT2D eigenvalue weighted by molar-refractivity contribution is 0.599. The van der Waals surface area contributed by atoms with Crippen molar-refractivity contribution in [3.05, 3.63) is 52.3 Å². The van der Waals surface area contributed by atoms with Gasteiger partial charge in [0.15, 0.2) is 0 Å². The Bertz CT molecular complexity index is 534. The van der Waals surface area contributed by atoms with E-state index in [0.29, 0.717) is 0 Å². The monoisotopic (exact) mass is 263 g/mol. The molecule has 0 fully saturated rings. The lowest BCUT2D eigenvalue weighted by Gasteiger charge is -2.17.